The van der Waals surface area contributed by atoms with Gasteiger partial charge in [-0.05, 0) is 42.0 Å². The number of hydrogen-bond acceptors (Lipinski definition) is 6. The highest BCUT2D eigenvalue weighted by molar-refractivity contribution is 6.34. The third-order valence-corrected chi connectivity index (χ3v) is 3.85. The molecule has 0 fully saturated rings. The summed E-state index contributed by atoms with van der Waals surface area (Å²) in [4.78, 5) is 34.6. The van der Waals surface area contributed by atoms with Crippen LogP contribution in [0.3, 0.4) is 0 Å². The van der Waals surface area contributed by atoms with E-state index >= 15 is 0 Å². The largest absolute Gasteiger partial charge is 0.528 e. The molecule has 170 valence electrons. The van der Waals surface area contributed by atoms with Crippen LogP contribution >= 0.6 is 23.2 Å². The average Bonchev–Trinajstić information content (AvgIpc) is 2.75. The number of anilines is 1. The fraction of sp³-hybridized carbons (Fsp3) is 0. The summed E-state index contributed by atoms with van der Waals surface area (Å²) in [5.74, 6) is 12.4. The molecule has 32 heavy (non-hydrogen) atoms. The van der Waals surface area contributed by atoms with Crippen LogP contribution in [0.15, 0.2) is 36.4 Å². The van der Waals surface area contributed by atoms with E-state index in [1.807, 2.05) is 6.11 Å². The van der Waals surface area contributed by atoms with Crippen molar-refractivity contribution < 1.29 is 34.0 Å². The van der Waals surface area contributed by atoms with Crippen LogP contribution in [0.4, 0.5) is 16.2 Å². The molecule has 8 nitrogen and oxygen atoms in total. The average molecular weight is 481 g/mol. The number of terminal acetylenes is 1. The highest BCUT2D eigenvalue weighted by Gasteiger charge is 2.19. The molecule has 1 N–H and O–H groups in total. The van der Waals surface area contributed by atoms with Crippen molar-refractivity contribution in [2.24, 2.45) is 0 Å². The van der Waals surface area contributed by atoms with Gasteiger partial charge < -0.3 is 14.8 Å². The first-order valence-corrected chi connectivity index (χ1v) is 8.96. The van der Waals surface area contributed by atoms with Crippen LogP contribution in [0, 0.1) is 58.2 Å². The molecule has 0 spiro atoms. The van der Waals surface area contributed by atoms with E-state index in [9.17, 15) is 19.7 Å². The number of nitro groups is 1. The van der Waals surface area contributed by atoms with Crippen molar-refractivity contribution in [1.82, 2.24) is 0 Å². The molecule has 0 atom stereocenters. The van der Waals surface area contributed by atoms with Crippen LogP contribution in [0.1, 0.15) is 20.3 Å². The number of nitrogens with zero attached hydrogens (tertiary/aromatic N) is 1. The predicted molar refractivity (Wildman–Crippen MR) is 132 cm³/mol. The Balaban J connectivity index is -0.000000389. The Morgan fingerprint density at radius 3 is 2.47 bits per heavy atom. The van der Waals surface area contributed by atoms with Gasteiger partial charge in [0.15, 0.2) is 0 Å². The van der Waals surface area contributed by atoms with E-state index < -0.39 is 17.0 Å². The van der Waals surface area contributed by atoms with Crippen LogP contribution in [0.25, 0.3) is 0 Å². The molecular formula is C22H22Cl2N2O6. The van der Waals surface area contributed by atoms with E-state index in [1.54, 1.807) is 0 Å². The van der Waals surface area contributed by atoms with Crippen LogP contribution in [-0.4, -0.2) is 17.0 Å². The summed E-state index contributed by atoms with van der Waals surface area (Å²) in [5.41, 5.74) is -0.300. The maximum absolute atomic E-state index is 12.7. The van der Waals surface area contributed by atoms with Crippen LogP contribution in [-0.2, 0) is 4.74 Å². The molecule has 1 amide bonds. The summed E-state index contributed by atoms with van der Waals surface area (Å²) in [6.45, 7) is 0. The lowest BCUT2D eigenvalue weighted by Crippen LogP contribution is -2.16. The van der Waals surface area contributed by atoms with Crippen LogP contribution < -0.4 is 10.1 Å². The Labute approximate surface area is 202 Å². The van der Waals surface area contributed by atoms with Gasteiger partial charge in [-0.2, -0.15) is 0 Å². The fourth-order valence-corrected chi connectivity index (χ4v) is 2.40. The topological polar surface area (TPSA) is 108 Å². The van der Waals surface area contributed by atoms with E-state index in [0.29, 0.717) is 0 Å². The van der Waals surface area contributed by atoms with Gasteiger partial charge >= 0.3 is 6.16 Å². The Hall–Kier alpha value is -4.60. The molecule has 10 heteroatoms. The van der Waals surface area contributed by atoms with Crippen molar-refractivity contribution in [2.45, 2.75) is 0 Å². The van der Waals surface area contributed by atoms with Crippen molar-refractivity contribution in [1.29, 1.82) is 0 Å². The van der Waals surface area contributed by atoms with Crippen LogP contribution in [0.2, 0.25) is 10.0 Å². The summed E-state index contributed by atoms with van der Waals surface area (Å²) in [6, 6.07) is 7.36. The zero-order chi connectivity index (χ0) is 23.5. The first kappa shape index (κ1) is 23.7. The number of halogens is 2. The molecule has 0 aliphatic heterocycles. The number of carbonyl (C=O) groups excluding carboxylic acids is 2. The van der Waals surface area contributed by atoms with Gasteiger partial charge in [-0.15, -0.1) is 6.42 Å². The number of ether oxygens (including phenoxy) is 2. The second kappa shape index (κ2) is 11.6. The van der Waals surface area contributed by atoms with Gasteiger partial charge in [0.1, 0.15) is 11.9 Å². The van der Waals surface area contributed by atoms with Gasteiger partial charge in [0, 0.05) is 44.9 Å². The number of amides is 1. The van der Waals surface area contributed by atoms with Crippen LogP contribution in [0.5, 0.6) is 5.75 Å². The highest BCUT2D eigenvalue weighted by atomic mass is 35.5. The smallest absolute Gasteiger partial charge is 0.393 e. The molecule has 2 aromatic rings. The lowest BCUT2D eigenvalue weighted by atomic mass is 10.1. The monoisotopic (exact) mass is 480 g/mol. The predicted octanol–water partition coefficient (Wildman–Crippen LogP) is 5.99. The standard InChI is InChI=1S/C22H8Cl2N2O6.7H2/c1-2-3-4-5-6-7-12-31-22(28)32-20-11-8-15(23)13-17(20)21(27)25-19-10-9-16(26(29)30)14-18(19)24;;;;;;;/h1,8-11,13-14H,(H,25,27);7*1H. The minimum absolute atomic E-state index is 0. The molecule has 0 saturated heterocycles. The maximum Gasteiger partial charge on any atom is 0.528 e. The SMILES string of the molecule is C#CC#CC#CC#COC(=O)Oc1ccc(Cl)cc1C(=O)Nc1ccc([N+](=O)[O-])cc1Cl.[HH].[HH].[HH].[HH].[HH].[HH].[HH]. The number of hydrogen-bond donors (Lipinski definition) is 1. The fourth-order valence-electron chi connectivity index (χ4n) is 2.01. The summed E-state index contributed by atoms with van der Waals surface area (Å²) < 4.78 is 9.50. The van der Waals surface area contributed by atoms with Gasteiger partial charge in [-0.25, -0.2) is 4.79 Å². The van der Waals surface area contributed by atoms with Gasteiger partial charge in [-0.3, -0.25) is 14.9 Å². The maximum atomic E-state index is 12.7. The molecule has 2 aromatic carbocycles. The van der Waals surface area contributed by atoms with Crippen molar-refractivity contribution in [2.75, 3.05) is 5.32 Å². The van der Waals surface area contributed by atoms with Gasteiger partial charge in [0.05, 0.1) is 21.2 Å². The normalized spacial score (nSPS) is 8.66. The van der Waals surface area contributed by atoms with Crippen molar-refractivity contribution in [3.63, 3.8) is 0 Å². The third-order valence-electron chi connectivity index (χ3n) is 3.30. The molecule has 0 bridgehead atoms. The van der Waals surface area contributed by atoms with Gasteiger partial charge in [-0.1, -0.05) is 23.2 Å². The molecule has 0 aromatic heterocycles. The highest BCUT2D eigenvalue weighted by Crippen LogP contribution is 2.29. The van der Waals surface area contributed by atoms with Gasteiger partial charge in [0.2, 0.25) is 0 Å². The van der Waals surface area contributed by atoms with Gasteiger partial charge in [0.25, 0.3) is 11.6 Å². The Bertz CT molecular complexity index is 1350. The number of rotatable bonds is 4. The molecule has 0 saturated carbocycles. The second-order valence-electron chi connectivity index (χ2n) is 5.34. The first-order chi connectivity index (χ1) is 15.3. The van der Waals surface area contributed by atoms with E-state index in [-0.39, 0.29) is 42.7 Å². The summed E-state index contributed by atoms with van der Waals surface area (Å²) in [6.07, 6.45) is 5.66. The molecule has 0 unspecified atom stereocenters. The number of carbonyl (C=O) groups is 2. The number of nitrogens with one attached hydrogen (secondary N) is 1. The Kier molecular flexibility index (Phi) is 8.55. The number of benzene rings is 2. The zero-order valence-corrected chi connectivity index (χ0v) is 17.2. The third kappa shape index (κ3) is 7.02. The number of non-ortho nitro benzene ring substituents is 1. The quantitative estimate of drug-likeness (QED) is 0.189. The minimum atomic E-state index is -1.24. The lowest BCUT2D eigenvalue weighted by Gasteiger charge is -2.11. The summed E-state index contributed by atoms with van der Waals surface area (Å²) in [5, 5.41) is 13.4. The summed E-state index contributed by atoms with van der Waals surface area (Å²) >= 11 is 11.9. The zero-order valence-electron chi connectivity index (χ0n) is 15.7. The van der Waals surface area contributed by atoms with E-state index in [0.717, 1.165) is 12.1 Å². The minimum Gasteiger partial charge on any atom is -0.393 e. The Morgan fingerprint density at radius 2 is 1.78 bits per heavy atom. The van der Waals surface area contributed by atoms with E-state index in [2.05, 4.69) is 45.6 Å². The Morgan fingerprint density at radius 1 is 1.06 bits per heavy atom. The first-order valence-electron chi connectivity index (χ1n) is 8.21. The van der Waals surface area contributed by atoms with Crippen molar-refractivity contribution in [3.05, 3.63) is 62.1 Å². The molecule has 0 aliphatic carbocycles. The van der Waals surface area contributed by atoms with E-state index in [4.69, 9.17) is 34.4 Å². The lowest BCUT2D eigenvalue weighted by molar-refractivity contribution is -0.384. The van der Waals surface area contributed by atoms with Crippen molar-refractivity contribution >= 4 is 46.6 Å². The molecule has 0 radical (unpaired) electrons. The summed E-state index contributed by atoms with van der Waals surface area (Å²) in [7, 11) is 0. The molecule has 2 rings (SSSR count). The second-order valence-corrected chi connectivity index (χ2v) is 6.19. The molecular weight excluding hydrogens is 459 g/mol. The van der Waals surface area contributed by atoms with E-state index in [1.165, 1.54) is 24.3 Å². The van der Waals surface area contributed by atoms with Crippen molar-refractivity contribution in [3.8, 4) is 53.8 Å². The molecule has 0 aliphatic rings. The molecule has 0 heterocycles. The number of nitro benzene ring substituents is 1.